The summed E-state index contributed by atoms with van der Waals surface area (Å²) in [6, 6.07) is 4.76. The minimum atomic E-state index is 0.447. The molecule has 0 aromatic carbocycles. The quantitative estimate of drug-likeness (QED) is 0.852. The number of hydrogen-bond donors (Lipinski definition) is 1. The molecule has 94 valence electrons. The van der Waals surface area contributed by atoms with E-state index in [0.717, 1.165) is 31.3 Å². The smallest absolute Gasteiger partial charge is 0.195 e. The van der Waals surface area contributed by atoms with Gasteiger partial charge in [0.05, 0.1) is 6.04 Å². The van der Waals surface area contributed by atoms with Crippen LogP contribution in [-0.4, -0.2) is 19.6 Å². The first-order valence-corrected chi connectivity index (χ1v) is 7.01. The molecule has 0 aliphatic carbocycles. The SMILES string of the molecule is c1cc(N2CCCCC2)oc1[C@H]1CCCCN1. The number of anilines is 1. The number of furan rings is 1. The van der Waals surface area contributed by atoms with Gasteiger partial charge in [-0.1, -0.05) is 6.42 Å². The van der Waals surface area contributed by atoms with Crippen LogP contribution in [0.3, 0.4) is 0 Å². The number of nitrogens with zero attached hydrogens (tertiary/aromatic N) is 1. The summed E-state index contributed by atoms with van der Waals surface area (Å²) in [5.41, 5.74) is 0. The van der Waals surface area contributed by atoms with Gasteiger partial charge >= 0.3 is 0 Å². The molecule has 2 fully saturated rings. The summed E-state index contributed by atoms with van der Waals surface area (Å²) in [5, 5.41) is 3.54. The molecule has 2 aliphatic rings. The zero-order chi connectivity index (χ0) is 11.5. The van der Waals surface area contributed by atoms with Gasteiger partial charge in [-0.15, -0.1) is 0 Å². The number of hydrogen-bond acceptors (Lipinski definition) is 3. The molecule has 0 spiro atoms. The van der Waals surface area contributed by atoms with Crippen molar-refractivity contribution in [1.29, 1.82) is 0 Å². The largest absolute Gasteiger partial charge is 0.444 e. The number of nitrogens with one attached hydrogen (secondary N) is 1. The zero-order valence-corrected chi connectivity index (χ0v) is 10.5. The second-order valence-corrected chi connectivity index (χ2v) is 5.23. The zero-order valence-electron chi connectivity index (χ0n) is 10.5. The van der Waals surface area contributed by atoms with Crippen molar-refractivity contribution in [1.82, 2.24) is 5.32 Å². The summed E-state index contributed by atoms with van der Waals surface area (Å²) in [6.45, 7) is 3.44. The molecule has 0 radical (unpaired) electrons. The van der Waals surface area contributed by atoms with Gasteiger partial charge in [-0.3, -0.25) is 0 Å². The lowest BCUT2D eigenvalue weighted by Crippen LogP contribution is -2.29. The Bertz CT molecular complexity index is 316. The molecule has 1 atom stereocenters. The molecule has 0 amide bonds. The molecule has 1 aromatic rings. The highest BCUT2D eigenvalue weighted by Gasteiger charge is 2.20. The Morgan fingerprint density at radius 2 is 1.94 bits per heavy atom. The molecule has 3 nitrogen and oxygen atoms in total. The maximum Gasteiger partial charge on any atom is 0.195 e. The number of rotatable bonds is 2. The molecule has 1 N–H and O–H groups in total. The van der Waals surface area contributed by atoms with E-state index in [4.69, 9.17) is 4.42 Å². The summed E-state index contributed by atoms with van der Waals surface area (Å²) in [7, 11) is 0. The van der Waals surface area contributed by atoms with Crippen molar-refractivity contribution in [3.8, 4) is 0 Å². The van der Waals surface area contributed by atoms with Crippen LogP contribution in [0.25, 0.3) is 0 Å². The predicted molar refractivity (Wildman–Crippen MR) is 69.4 cm³/mol. The van der Waals surface area contributed by atoms with Gasteiger partial charge in [0.15, 0.2) is 5.88 Å². The Hall–Kier alpha value is -0.960. The van der Waals surface area contributed by atoms with Crippen molar-refractivity contribution in [3.63, 3.8) is 0 Å². The van der Waals surface area contributed by atoms with Gasteiger partial charge in [0.2, 0.25) is 0 Å². The summed E-state index contributed by atoms with van der Waals surface area (Å²) in [6.07, 6.45) is 7.81. The van der Waals surface area contributed by atoms with Crippen LogP contribution in [0.2, 0.25) is 0 Å². The van der Waals surface area contributed by atoms with E-state index in [1.807, 2.05) is 0 Å². The number of piperidine rings is 2. The predicted octanol–water partition coefficient (Wildman–Crippen LogP) is 3.08. The third-order valence-corrected chi connectivity index (χ3v) is 3.93. The van der Waals surface area contributed by atoms with Crippen molar-refractivity contribution in [3.05, 3.63) is 17.9 Å². The second kappa shape index (κ2) is 5.13. The van der Waals surface area contributed by atoms with Crippen LogP contribution in [0, 0.1) is 0 Å². The van der Waals surface area contributed by atoms with Crippen LogP contribution in [0.5, 0.6) is 0 Å². The molecule has 0 bridgehead atoms. The van der Waals surface area contributed by atoms with Crippen molar-refractivity contribution < 1.29 is 4.42 Å². The fourth-order valence-corrected chi connectivity index (χ4v) is 2.91. The highest BCUT2D eigenvalue weighted by molar-refractivity contribution is 5.37. The molecular weight excluding hydrogens is 212 g/mol. The monoisotopic (exact) mass is 234 g/mol. The van der Waals surface area contributed by atoms with E-state index in [1.54, 1.807) is 0 Å². The summed E-state index contributed by atoms with van der Waals surface area (Å²) >= 11 is 0. The van der Waals surface area contributed by atoms with E-state index in [2.05, 4.69) is 22.3 Å². The Kier molecular flexibility index (Phi) is 3.36. The fourth-order valence-electron chi connectivity index (χ4n) is 2.91. The Labute approximate surface area is 103 Å². The third kappa shape index (κ3) is 2.49. The van der Waals surface area contributed by atoms with E-state index < -0.39 is 0 Å². The lowest BCUT2D eigenvalue weighted by molar-refractivity contribution is 0.347. The van der Waals surface area contributed by atoms with Gasteiger partial charge in [-0.2, -0.15) is 0 Å². The van der Waals surface area contributed by atoms with Crippen LogP contribution < -0.4 is 10.2 Å². The van der Waals surface area contributed by atoms with E-state index in [9.17, 15) is 0 Å². The summed E-state index contributed by atoms with van der Waals surface area (Å²) in [5.74, 6) is 2.21. The topological polar surface area (TPSA) is 28.4 Å². The third-order valence-electron chi connectivity index (χ3n) is 3.93. The maximum absolute atomic E-state index is 6.03. The van der Waals surface area contributed by atoms with Crippen LogP contribution in [0.15, 0.2) is 16.5 Å². The Morgan fingerprint density at radius 1 is 1.06 bits per heavy atom. The Balaban J connectivity index is 1.68. The average molecular weight is 234 g/mol. The van der Waals surface area contributed by atoms with Gasteiger partial charge in [0, 0.05) is 19.2 Å². The molecular formula is C14H22N2O. The van der Waals surface area contributed by atoms with Gasteiger partial charge in [0.25, 0.3) is 0 Å². The van der Waals surface area contributed by atoms with Gasteiger partial charge < -0.3 is 14.6 Å². The van der Waals surface area contributed by atoms with Gasteiger partial charge in [-0.05, 0) is 44.7 Å². The first kappa shape index (κ1) is 11.1. The van der Waals surface area contributed by atoms with Crippen LogP contribution in [0.1, 0.15) is 50.3 Å². The minimum Gasteiger partial charge on any atom is -0.444 e. The molecule has 0 unspecified atom stereocenters. The van der Waals surface area contributed by atoms with Crippen molar-refractivity contribution in [2.45, 2.75) is 44.6 Å². The lowest BCUT2D eigenvalue weighted by atomic mass is 10.0. The van der Waals surface area contributed by atoms with Gasteiger partial charge in [-0.25, -0.2) is 0 Å². The molecule has 3 rings (SSSR count). The first-order valence-electron chi connectivity index (χ1n) is 7.01. The fraction of sp³-hybridized carbons (Fsp3) is 0.714. The Morgan fingerprint density at radius 3 is 2.71 bits per heavy atom. The standard InChI is InChI=1S/C14H22N2O/c1-4-10-16(11-5-1)14-8-7-13(17-14)12-6-2-3-9-15-12/h7-8,12,15H,1-6,9-11H2/t12-/m1/s1. The molecule has 1 aromatic heterocycles. The first-order chi connectivity index (χ1) is 8.43. The van der Waals surface area contributed by atoms with E-state index in [-0.39, 0.29) is 0 Å². The molecule has 3 heteroatoms. The van der Waals surface area contributed by atoms with E-state index in [0.29, 0.717) is 6.04 Å². The van der Waals surface area contributed by atoms with Crippen LogP contribution >= 0.6 is 0 Å². The van der Waals surface area contributed by atoms with Crippen LogP contribution in [-0.2, 0) is 0 Å². The van der Waals surface area contributed by atoms with Crippen molar-refractivity contribution >= 4 is 5.88 Å². The van der Waals surface area contributed by atoms with Crippen molar-refractivity contribution in [2.75, 3.05) is 24.5 Å². The maximum atomic E-state index is 6.03. The molecule has 0 saturated carbocycles. The summed E-state index contributed by atoms with van der Waals surface area (Å²) < 4.78 is 6.03. The highest BCUT2D eigenvalue weighted by Crippen LogP contribution is 2.29. The van der Waals surface area contributed by atoms with E-state index >= 15 is 0 Å². The lowest BCUT2D eigenvalue weighted by Gasteiger charge is -2.26. The molecule has 17 heavy (non-hydrogen) atoms. The van der Waals surface area contributed by atoms with Crippen LogP contribution in [0.4, 0.5) is 5.88 Å². The normalized spacial score (nSPS) is 26.1. The van der Waals surface area contributed by atoms with E-state index in [1.165, 1.54) is 38.5 Å². The average Bonchev–Trinajstić information content (AvgIpc) is 2.90. The van der Waals surface area contributed by atoms with Crippen molar-refractivity contribution in [2.24, 2.45) is 0 Å². The molecule has 2 aliphatic heterocycles. The molecule has 2 saturated heterocycles. The molecule has 3 heterocycles. The highest BCUT2D eigenvalue weighted by atomic mass is 16.4. The minimum absolute atomic E-state index is 0.447. The second-order valence-electron chi connectivity index (χ2n) is 5.23. The van der Waals surface area contributed by atoms with Gasteiger partial charge in [0.1, 0.15) is 5.76 Å². The summed E-state index contributed by atoms with van der Waals surface area (Å²) in [4.78, 5) is 2.38.